The summed E-state index contributed by atoms with van der Waals surface area (Å²) in [4.78, 5) is 31.4. The number of nitrogens with zero attached hydrogens (tertiary/aromatic N) is 5. The first kappa shape index (κ1) is 21.7. The summed E-state index contributed by atoms with van der Waals surface area (Å²) in [6.45, 7) is 2.95. The molecule has 2 amide bonds. The Kier molecular flexibility index (Phi) is 5.72. The van der Waals surface area contributed by atoms with Gasteiger partial charge < -0.3 is 19.9 Å². The van der Waals surface area contributed by atoms with Gasteiger partial charge in [0.25, 0.3) is 0 Å². The minimum atomic E-state index is -0.377. The summed E-state index contributed by atoms with van der Waals surface area (Å²) in [6, 6.07) is 14.5. The van der Waals surface area contributed by atoms with Crippen molar-refractivity contribution < 1.29 is 9.53 Å². The lowest BCUT2D eigenvalue weighted by Crippen LogP contribution is -2.36. The molecule has 5 aromatic rings. The van der Waals surface area contributed by atoms with Crippen LogP contribution in [0, 0.1) is 0 Å². The number of anilines is 3. The van der Waals surface area contributed by atoms with Gasteiger partial charge in [-0.1, -0.05) is 0 Å². The monoisotopic (exact) mass is 481 g/mol. The van der Waals surface area contributed by atoms with Gasteiger partial charge in [0.05, 0.1) is 24.4 Å². The maximum Gasteiger partial charge on any atom is 0.324 e. The van der Waals surface area contributed by atoms with E-state index >= 15 is 0 Å². The molecule has 0 aliphatic carbocycles. The number of aromatic amines is 2. The van der Waals surface area contributed by atoms with E-state index in [4.69, 9.17) is 9.72 Å². The number of H-pyrrole nitrogens is 2. The summed E-state index contributed by atoms with van der Waals surface area (Å²) in [5.74, 6) is 2.09. The second-order valence-corrected chi connectivity index (χ2v) is 8.27. The molecule has 0 saturated carbocycles. The van der Waals surface area contributed by atoms with Crippen LogP contribution >= 0.6 is 0 Å². The number of amides is 2. The van der Waals surface area contributed by atoms with Crippen molar-refractivity contribution in [1.29, 1.82) is 0 Å². The van der Waals surface area contributed by atoms with E-state index in [1.807, 2.05) is 42.5 Å². The lowest BCUT2D eigenvalue weighted by atomic mass is 10.2. The van der Waals surface area contributed by atoms with Gasteiger partial charge in [-0.25, -0.2) is 14.8 Å². The highest BCUT2D eigenvalue weighted by Gasteiger charge is 2.18. The molecule has 11 heteroatoms. The second kappa shape index (κ2) is 9.47. The van der Waals surface area contributed by atoms with Crippen molar-refractivity contribution >= 4 is 34.4 Å². The van der Waals surface area contributed by atoms with Crippen molar-refractivity contribution in [2.75, 3.05) is 41.8 Å². The molecule has 6 rings (SSSR count). The SMILES string of the molecule is O=C(Nc1ccc(-c2nc3c(N4CCOCC4)nccc3[nH]2)cc1)Nc1cc(-c2ccncc2)n[nH]1. The molecular formula is C25H23N9O2. The first-order valence-corrected chi connectivity index (χ1v) is 11.5. The average molecular weight is 482 g/mol. The summed E-state index contributed by atoms with van der Waals surface area (Å²) < 4.78 is 5.46. The Hall–Kier alpha value is -4.77. The fraction of sp³-hybridized carbons (Fsp3) is 0.160. The van der Waals surface area contributed by atoms with Crippen LogP contribution in [0.2, 0.25) is 0 Å². The molecule has 4 N–H and O–H groups in total. The van der Waals surface area contributed by atoms with Crippen LogP contribution in [-0.2, 0) is 4.74 Å². The van der Waals surface area contributed by atoms with Gasteiger partial charge in [0.2, 0.25) is 0 Å². The molecule has 11 nitrogen and oxygen atoms in total. The van der Waals surface area contributed by atoms with E-state index < -0.39 is 0 Å². The summed E-state index contributed by atoms with van der Waals surface area (Å²) in [7, 11) is 0. The number of morpholine rings is 1. The van der Waals surface area contributed by atoms with E-state index in [0.29, 0.717) is 24.7 Å². The second-order valence-electron chi connectivity index (χ2n) is 8.27. The van der Waals surface area contributed by atoms with Gasteiger partial charge in [-0.05, 0) is 42.5 Å². The molecule has 0 unspecified atom stereocenters. The summed E-state index contributed by atoms with van der Waals surface area (Å²) in [6.07, 6.45) is 5.18. The molecule has 5 heterocycles. The van der Waals surface area contributed by atoms with Crippen LogP contribution in [-0.4, -0.2) is 62.5 Å². The lowest BCUT2D eigenvalue weighted by molar-refractivity contribution is 0.122. The van der Waals surface area contributed by atoms with Crippen LogP contribution in [0.4, 0.5) is 22.1 Å². The van der Waals surface area contributed by atoms with Gasteiger partial charge in [0.1, 0.15) is 17.2 Å². The largest absolute Gasteiger partial charge is 0.378 e. The van der Waals surface area contributed by atoms with Crippen LogP contribution in [0.15, 0.2) is 67.1 Å². The predicted molar refractivity (Wildman–Crippen MR) is 137 cm³/mol. The highest BCUT2D eigenvalue weighted by molar-refractivity contribution is 5.99. The molecule has 1 aliphatic rings. The molecule has 36 heavy (non-hydrogen) atoms. The van der Waals surface area contributed by atoms with E-state index in [1.165, 1.54) is 0 Å². The third-order valence-electron chi connectivity index (χ3n) is 5.91. The molecule has 0 spiro atoms. The van der Waals surface area contributed by atoms with Crippen molar-refractivity contribution in [2.45, 2.75) is 0 Å². The van der Waals surface area contributed by atoms with Gasteiger partial charge in [0.15, 0.2) is 5.82 Å². The standard InChI is InChI=1S/C25H23N9O2/c35-25(30-21-15-20(32-33-21)16-5-8-26-9-6-16)28-18-3-1-17(2-4-18)23-29-19-7-10-27-24(22(19)31-23)34-11-13-36-14-12-34/h1-10,15H,11-14H2,(H,29,31)(H3,28,30,32,33,35). The summed E-state index contributed by atoms with van der Waals surface area (Å²) in [5.41, 5.74) is 4.94. The quantitative estimate of drug-likeness (QED) is 0.299. The van der Waals surface area contributed by atoms with Crippen molar-refractivity contribution in [3.05, 3.63) is 67.1 Å². The number of ether oxygens (including phenoxy) is 1. The Morgan fingerprint density at radius 1 is 0.944 bits per heavy atom. The Morgan fingerprint density at radius 2 is 1.75 bits per heavy atom. The first-order chi connectivity index (χ1) is 17.7. The number of rotatable bonds is 5. The van der Waals surface area contributed by atoms with Crippen LogP contribution in [0.25, 0.3) is 33.7 Å². The van der Waals surface area contributed by atoms with Gasteiger partial charge in [0, 0.05) is 54.6 Å². The van der Waals surface area contributed by atoms with Crippen LogP contribution in [0.3, 0.4) is 0 Å². The Balaban J connectivity index is 1.14. The number of nitrogens with one attached hydrogen (secondary N) is 4. The number of imidazole rings is 1. The number of fused-ring (bicyclic) bond motifs is 1. The molecule has 0 radical (unpaired) electrons. The Labute approximate surface area is 206 Å². The van der Waals surface area contributed by atoms with Crippen molar-refractivity contribution in [1.82, 2.24) is 30.1 Å². The Morgan fingerprint density at radius 3 is 2.56 bits per heavy atom. The van der Waals surface area contributed by atoms with E-state index in [2.05, 4.69) is 40.7 Å². The van der Waals surface area contributed by atoms with E-state index in [-0.39, 0.29) is 6.03 Å². The number of pyridine rings is 2. The predicted octanol–water partition coefficient (Wildman–Crippen LogP) is 3.89. The normalized spacial score (nSPS) is 13.6. The number of benzene rings is 1. The van der Waals surface area contributed by atoms with E-state index in [9.17, 15) is 4.79 Å². The maximum atomic E-state index is 12.5. The van der Waals surface area contributed by atoms with Gasteiger partial charge in [-0.15, -0.1) is 0 Å². The Bertz CT molecular complexity index is 1490. The molecule has 0 atom stereocenters. The lowest BCUT2D eigenvalue weighted by Gasteiger charge is -2.27. The van der Waals surface area contributed by atoms with Crippen LogP contribution in [0.5, 0.6) is 0 Å². The number of urea groups is 1. The topological polar surface area (TPSA) is 137 Å². The number of hydrogen-bond donors (Lipinski definition) is 4. The third-order valence-corrected chi connectivity index (χ3v) is 5.91. The fourth-order valence-electron chi connectivity index (χ4n) is 4.12. The van der Waals surface area contributed by atoms with Crippen molar-refractivity contribution in [2.24, 2.45) is 0 Å². The zero-order chi connectivity index (χ0) is 24.3. The zero-order valence-corrected chi connectivity index (χ0v) is 19.2. The highest BCUT2D eigenvalue weighted by Crippen LogP contribution is 2.27. The highest BCUT2D eigenvalue weighted by atomic mass is 16.5. The van der Waals surface area contributed by atoms with Crippen LogP contribution < -0.4 is 15.5 Å². The van der Waals surface area contributed by atoms with Gasteiger partial charge >= 0.3 is 6.03 Å². The summed E-state index contributed by atoms with van der Waals surface area (Å²) >= 11 is 0. The number of carbonyl (C=O) groups excluding carboxylic acids is 1. The van der Waals surface area contributed by atoms with Crippen molar-refractivity contribution in [3.8, 4) is 22.6 Å². The first-order valence-electron chi connectivity index (χ1n) is 11.5. The minimum absolute atomic E-state index is 0.377. The summed E-state index contributed by atoms with van der Waals surface area (Å²) in [5, 5.41) is 12.6. The fourth-order valence-corrected chi connectivity index (χ4v) is 4.12. The molecule has 0 bridgehead atoms. The molecule has 1 aromatic carbocycles. The third kappa shape index (κ3) is 4.46. The number of aromatic nitrogens is 6. The molecule has 1 aliphatic heterocycles. The zero-order valence-electron chi connectivity index (χ0n) is 19.2. The molecule has 4 aromatic heterocycles. The van der Waals surface area contributed by atoms with E-state index in [0.717, 1.165) is 52.6 Å². The molecular weight excluding hydrogens is 458 g/mol. The maximum absolute atomic E-state index is 12.5. The molecule has 1 saturated heterocycles. The molecule has 180 valence electrons. The van der Waals surface area contributed by atoms with Gasteiger partial charge in [-0.2, -0.15) is 5.10 Å². The van der Waals surface area contributed by atoms with E-state index in [1.54, 1.807) is 24.7 Å². The van der Waals surface area contributed by atoms with Crippen LogP contribution in [0.1, 0.15) is 0 Å². The number of hydrogen-bond acceptors (Lipinski definition) is 7. The smallest absolute Gasteiger partial charge is 0.324 e. The number of carbonyl (C=O) groups is 1. The average Bonchev–Trinajstić information content (AvgIpc) is 3.57. The van der Waals surface area contributed by atoms with Crippen molar-refractivity contribution in [3.63, 3.8) is 0 Å². The molecule has 1 fully saturated rings. The minimum Gasteiger partial charge on any atom is -0.378 e. The van der Waals surface area contributed by atoms with Gasteiger partial charge in [-0.3, -0.25) is 15.4 Å².